The highest BCUT2D eigenvalue weighted by Crippen LogP contribution is 2.26. The molecule has 1 rings (SSSR count). The van der Waals surface area contributed by atoms with Gasteiger partial charge in [0.05, 0.1) is 4.92 Å². The molecule has 1 aromatic carbocycles. The minimum Gasteiger partial charge on any atom is -0.385 e. The molecule has 1 aromatic rings. The van der Waals surface area contributed by atoms with Gasteiger partial charge in [-0.05, 0) is 18.6 Å². The van der Waals surface area contributed by atoms with Gasteiger partial charge in [-0.25, -0.2) is 13.1 Å². The Morgan fingerprint density at radius 1 is 1.47 bits per heavy atom. The van der Waals surface area contributed by atoms with E-state index in [4.69, 9.17) is 4.74 Å². The van der Waals surface area contributed by atoms with Crippen LogP contribution in [0, 0.1) is 10.1 Å². The number of methoxy groups -OCH3 is 1. The first kappa shape index (κ1) is 16.0. The highest BCUT2D eigenvalue weighted by atomic mass is 79.9. The van der Waals surface area contributed by atoms with E-state index in [1.807, 2.05) is 0 Å². The van der Waals surface area contributed by atoms with Crippen LogP contribution >= 0.6 is 15.9 Å². The van der Waals surface area contributed by atoms with Crippen LogP contribution in [0.1, 0.15) is 6.42 Å². The van der Waals surface area contributed by atoms with Crippen molar-refractivity contribution in [3.63, 3.8) is 0 Å². The normalized spacial score (nSPS) is 11.5. The third-order valence-corrected chi connectivity index (χ3v) is 4.21. The summed E-state index contributed by atoms with van der Waals surface area (Å²) in [4.78, 5) is 9.75. The maximum atomic E-state index is 12.0. The van der Waals surface area contributed by atoms with E-state index < -0.39 is 20.6 Å². The van der Waals surface area contributed by atoms with Crippen molar-refractivity contribution in [3.05, 3.63) is 32.8 Å². The third-order valence-electron chi connectivity index (χ3n) is 2.23. The minimum atomic E-state index is -3.92. The molecule has 106 valence electrons. The highest BCUT2D eigenvalue weighted by molar-refractivity contribution is 9.10. The second-order valence-electron chi connectivity index (χ2n) is 3.61. The molecule has 9 heteroatoms. The monoisotopic (exact) mass is 352 g/mol. The van der Waals surface area contributed by atoms with Gasteiger partial charge in [-0.3, -0.25) is 10.1 Å². The summed E-state index contributed by atoms with van der Waals surface area (Å²) in [5.74, 6) is 0. The topological polar surface area (TPSA) is 98.5 Å². The van der Waals surface area contributed by atoms with Gasteiger partial charge in [-0.2, -0.15) is 0 Å². The number of nitrogens with zero attached hydrogens (tertiary/aromatic N) is 1. The fraction of sp³-hybridized carbons (Fsp3) is 0.400. The van der Waals surface area contributed by atoms with Crippen LogP contribution in [0.25, 0.3) is 0 Å². The number of halogens is 1. The van der Waals surface area contributed by atoms with E-state index in [1.54, 1.807) is 0 Å². The first-order valence-electron chi connectivity index (χ1n) is 5.31. The smallest absolute Gasteiger partial charge is 0.289 e. The van der Waals surface area contributed by atoms with E-state index in [9.17, 15) is 18.5 Å². The molecule has 7 nitrogen and oxygen atoms in total. The number of hydrogen-bond donors (Lipinski definition) is 1. The zero-order valence-electron chi connectivity index (χ0n) is 10.1. The van der Waals surface area contributed by atoms with Gasteiger partial charge < -0.3 is 4.74 Å². The van der Waals surface area contributed by atoms with Crippen LogP contribution in [0.5, 0.6) is 0 Å². The summed E-state index contributed by atoms with van der Waals surface area (Å²) in [7, 11) is -2.41. The number of nitro groups is 1. The molecule has 0 aliphatic rings. The zero-order chi connectivity index (χ0) is 14.5. The average Bonchev–Trinajstić information content (AvgIpc) is 2.34. The minimum absolute atomic E-state index is 0.153. The van der Waals surface area contributed by atoms with Crippen molar-refractivity contribution >= 4 is 31.6 Å². The maximum Gasteiger partial charge on any atom is 0.289 e. The largest absolute Gasteiger partial charge is 0.385 e. The van der Waals surface area contributed by atoms with Crippen LogP contribution in [0.15, 0.2) is 27.6 Å². The number of hydrogen-bond acceptors (Lipinski definition) is 5. The quantitative estimate of drug-likeness (QED) is 0.457. The first-order valence-corrected chi connectivity index (χ1v) is 7.58. The summed E-state index contributed by atoms with van der Waals surface area (Å²) in [6.45, 7) is 0.558. The summed E-state index contributed by atoms with van der Waals surface area (Å²) in [6, 6.07) is 3.77. The molecule has 0 saturated heterocycles. The Bertz CT molecular complexity index is 561. The Balaban J connectivity index is 3.00. The van der Waals surface area contributed by atoms with Gasteiger partial charge in [0.2, 0.25) is 10.0 Å². The molecule has 19 heavy (non-hydrogen) atoms. The summed E-state index contributed by atoms with van der Waals surface area (Å²) in [6.07, 6.45) is 0.484. The molecule has 0 spiro atoms. The molecule has 0 radical (unpaired) electrons. The van der Waals surface area contributed by atoms with Crippen molar-refractivity contribution in [1.29, 1.82) is 0 Å². The lowest BCUT2D eigenvalue weighted by molar-refractivity contribution is -0.387. The SMILES string of the molecule is COCCCNS(=O)(=O)c1cc(Br)ccc1[N+](=O)[O-]. The van der Waals surface area contributed by atoms with Gasteiger partial charge in [-0.15, -0.1) is 0 Å². The zero-order valence-corrected chi connectivity index (χ0v) is 12.5. The van der Waals surface area contributed by atoms with Crippen LogP contribution in [0.2, 0.25) is 0 Å². The van der Waals surface area contributed by atoms with Crippen molar-refractivity contribution < 1.29 is 18.1 Å². The Kier molecular flexibility index (Phi) is 5.85. The Hall–Kier alpha value is -1.03. The summed E-state index contributed by atoms with van der Waals surface area (Å²) in [5, 5.41) is 10.8. The number of nitrogens with one attached hydrogen (secondary N) is 1. The van der Waals surface area contributed by atoms with E-state index in [-0.39, 0.29) is 11.4 Å². The molecule has 0 amide bonds. The van der Waals surface area contributed by atoms with Crippen molar-refractivity contribution in [3.8, 4) is 0 Å². The second kappa shape index (κ2) is 6.94. The highest BCUT2D eigenvalue weighted by Gasteiger charge is 2.25. The van der Waals surface area contributed by atoms with Crippen molar-refractivity contribution in [1.82, 2.24) is 4.72 Å². The molecule has 0 aliphatic heterocycles. The van der Waals surface area contributed by atoms with E-state index >= 15 is 0 Å². The van der Waals surface area contributed by atoms with E-state index in [1.165, 1.54) is 19.2 Å². The molecule has 0 bridgehead atoms. The molecule has 0 fully saturated rings. The third kappa shape index (κ3) is 4.53. The lowest BCUT2D eigenvalue weighted by atomic mass is 10.3. The van der Waals surface area contributed by atoms with Crippen molar-refractivity contribution in [2.45, 2.75) is 11.3 Å². The van der Waals surface area contributed by atoms with Crippen molar-refractivity contribution in [2.75, 3.05) is 20.3 Å². The predicted molar refractivity (Wildman–Crippen MR) is 72.5 cm³/mol. The molecule has 0 heterocycles. The summed E-state index contributed by atoms with van der Waals surface area (Å²) >= 11 is 3.10. The van der Waals surface area contributed by atoms with Crippen LogP contribution in [-0.2, 0) is 14.8 Å². The fourth-order valence-corrected chi connectivity index (χ4v) is 3.14. The molecule has 0 atom stereocenters. The van der Waals surface area contributed by atoms with Gasteiger partial charge in [-0.1, -0.05) is 15.9 Å². The van der Waals surface area contributed by atoms with E-state index in [0.29, 0.717) is 17.5 Å². The Morgan fingerprint density at radius 3 is 2.74 bits per heavy atom. The van der Waals surface area contributed by atoms with E-state index in [2.05, 4.69) is 20.7 Å². The lowest BCUT2D eigenvalue weighted by Gasteiger charge is -2.07. The molecular weight excluding hydrogens is 340 g/mol. The second-order valence-corrected chi connectivity index (χ2v) is 6.26. The maximum absolute atomic E-state index is 12.0. The average molecular weight is 353 g/mol. The standard InChI is InChI=1S/C10H13BrN2O5S/c1-18-6-2-5-12-19(16,17)10-7-8(11)3-4-9(10)13(14)15/h3-4,7,12H,2,5-6H2,1H3. The fourth-order valence-electron chi connectivity index (χ4n) is 1.35. The number of ether oxygens (including phenoxy) is 1. The van der Waals surface area contributed by atoms with Gasteiger partial charge in [0.1, 0.15) is 0 Å². The van der Waals surface area contributed by atoms with E-state index in [0.717, 1.165) is 6.07 Å². The molecule has 0 saturated carbocycles. The molecule has 1 N–H and O–H groups in total. The van der Waals surface area contributed by atoms with Crippen molar-refractivity contribution in [2.24, 2.45) is 0 Å². The molecule has 0 aromatic heterocycles. The van der Waals surface area contributed by atoms with Crippen LogP contribution in [-0.4, -0.2) is 33.6 Å². The number of benzene rings is 1. The van der Waals surface area contributed by atoms with Gasteiger partial charge in [0.25, 0.3) is 5.69 Å². The summed E-state index contributed by atoms with van der Waals surface area (Å²) in [5.41, 5.74) is -0.456. The molecule has 0 aliphatic carbocycles. The molecular formula is C10H13BrN2O5S. The molecule has 0 unspecified atom stereocenters. The van der Waals surface area contributed by atoms with Crippen LogP contribution in [0.4, 0.5) is 5.69 Å². The van der Waals surface area contributed by atoms with Crippen LogP contribution in [0.3, 0.4) is 0 Å². The van der Waals surface area contributed by atoms with Gasteiger partial charge in [0, 0.05) is 30.8 Å². The predicted octanol–water partition coefficient (Wildman–Crippen LogP) is 1.67. The number of rotatable bonds is 7. The van der Waals surface area contributed by atoms with Crippen LogP contribution < -0.4 is 4.72 Å². The summed E-state index contributed by atoms with van der Waals surface area (Å²) < 4.78 is 31.5. The Morgan fingerprint density at radius 2 is 2.16 bits per heavy atom. The lowest BCUT2D eigenvalue weighted by Crippen LogP contribution is -2.26. The van der Waals surface area contributed by atoms with Gasteiger partial charge in [0.15, 0.2) is 4.90 Å². The van der Waals surface area contributed by atoms with Gasteiger partial charge >= 0.3 is 0 Å². The first-order chi connectivity index (χ1) is 8.88. The Labute approximate surface area is 119 Å². The number of sulfonamides is 1. The number of nitro benzene ring substituents is 1.